The van der Waals surface area contributed by atoms with E-state index < -0.39 is 6.10 Å². The number of hydrogen-bond donors (Lipinski definition) is 4. The minimum absolute atomic E-state index is 0. The Bertz CT molecular complexity index is 787. The number of quaternary nitrogens is 1. The lowest BCUT2D eigenvalue weighted by molar-refractivity contribution is -0.658. The predicted octanol–water partition coefficient (Wildman–Crippen LogP) is 0.931. The molecule has 0 radical (unpaired) electrons. The van der Waals surface area contributed by atoms with Gasteiger partial charge in [-0.2, -0.15) is 0 Å². The Morgan fingerprint density at radius 2 is 1.81 bits per heavy atom. The van der Waals surface area contributed by atoms with Gasteiger partial charge in [0.15, 0.2) is 0 Å². The van der Waals surface area contributed by atoms with Gasteiger partial charge in [-0.25, -0.2) is 0 Å². The van der Waals surface area contributed by atoms with Crippen molar-refractivity contribution in [3.63, 3.8) is 0 Å². The van der Waals surface area contributed by atoms with Crippen molar-refractivity contribution in [2.45, 2.75) is 38.7 Å². The zero-order chi connectivity index (χ0) is 22.5. The zero-order valence-corrected chi connectivity index (χ0v) is 20.5. The maximum absolute atomic E-state index is 11.9. The topological polar surface area (TPSA) is 87.2 Å². The van der Waals surface area contributed by atoms with Crippen molar-refractivity contribution in [3.8, 4) is 5.75 Å². The molecule has 5 N–H and O–H groups in total. The van der Waals surface area contributed by atoms with Gasteiger partial charge in [0.1, 0.15) is 25.0 Å². The van der Waals surface area contributed by atoms with E-state index in [0.29, 0.717) is 35.3 Å². The summed E-state index contributed by atoms with van der Waals surface area (Å²) in [6, 6.07) is 12.6. The third-order valence-corrected chi connectivity index (χ3v) is 5.27. The number of carbonyl (C=O) groups excluding carboxylic acids is 1. The maximum Gasteiger partial charge on any atom is 0.224 e. The molecule has 0 bridgehead atoms. The van der Waals surface area contributed by atoms with Gasteiger partial charge in [0, 0.05) is 12.1 Å². The Labute approximate surface area is 206 Å². The van der Waals surface area contributed by atoms with Crippen LogP contribution in [0.15, 0.2) is 42.5 Å². The number of nitrogens with one attached hydrogen (secondary N) is 2. The summed E-state index contributed by atoms with van der Waals surface area (Å²) in [6.45, 7) is 4.25. The van der Waals surface area contributed by atoms with Gasteiger partial charge in [0.05, 0.1) is 28.8 Å². The summed E-state index contributed by atoms with van der Waals surface area (Å²) in [6.07, 6.45) is 3.00. The molecule has 0 aliphatic rings. The van der Waals surface area contributed by atoms with Crippen molar-refractivity contribution in [2.75, 3.05) is 36.9 Å². The van der Waals surface area contributed by atoms with Crippen molar-refractivity contribution in [1.29, 1.82) is 0 Å². The fraction of sp³-hybridized carbons (Fsp3) is 0.435. The minimum atomic E-state index is -0.596. The molecule has 9 heteroatoms. The van der Waals surface area contributed by atoms with Gasteiger partial charge in [-0.3, -0.25) is 4.79 Å². The molecule has 0 aromatic heterocycles. The first kappa shape index (κ1) is 28.3. The van der Waals surface area contributed by atoms with E-state index in [0.717, 1.165) is 37.2 Å². The van der Waals surface area contributed by atoms with Crippen LogP contribution in [-0.4, -0.2) is 43.4 Å². The molecule has 2 aromatic rings. The van der Waals surface area contributed by atoms with Crippen LogP contribution in [0.25, 0.3) is 0 Å². The van der Waals surface area contributed by atoms with Gasteiger partial charge in [-0.05, 0) is 42.8 Å². The molecule has 32 heavy (non-hydrogen) atoms. The summed E-state index contributed by atoms with van der Waals surface area (Å²) in [5, 5.41) is 19.4. The van der Waals surface area contributed by atoms with Crippen molar-refractivity contribution < 1.29 is 32.4 Å². The number of ether oxygens (including phenoxy) is 1. The monoisotopic (exact) mass is 503 g/mol. The van der Waals surface area contributed by atoms with Crippen molar-refractivity contribution in [1.82, 2.24) is 0 Å². The van der Waals surface area contributed by atoms with Gasteiger partial charge < -0.3 is 38.2 Å². The number of para-hydroxylation sites is 1. The van der Waals surface area contributed by atoms with Crippen LogP contribution in [0.5, 0.6) is 5.75 Å². The molecule has 0 aliphatic heterocycles. The number of nitrogens with two attached hydrogens (primary N) is 1. The first-order valence-corrected chi connectivity index (χ1v) is 11.5. The first-order valence-electron chi connectivity index (χ1n) is 10.7. The highest BCUT2D eigenvalue weighted by Gasteiger charge is 2.09. The number of halogens is 3. The Balaban J connectivity index is 0.00000512. The van der Waals surface area contributed by atoms with E-state index in [4.69, 9.17) is 27.9 Å². The standard InChI is InChI=1S/C23H31Cl2N3O3.ClH/c1-2-3-4-8-22(30)28-17-9-11-19(12-10-17)31-16-18(29)15-26-13-14-27-23-20(24)6-5-7-21(23)25;/h5-7,9-12,18,26-27,29H,2-4,8,13-16H2,1H3,(H,28,30);1H. The molecule has 0 saturated carbocycles. The first-order chi connectivity index (χ1) is 15.0. The van der Waals surface area contributed by atoms with Gasteiger partial charge >= 0.3 is 0 Å². The zero-order valence-electron chi connectivity index (χ0n) is 18.3. The predicted molar refractivity (Wildman–Crippen MR) is 127 cm³/mol. The van der Waals surface area contributed by atoms with Crippen LogP contribution in [0.1, 0.15) is 32.6 Å². The summed E-state index contributed by atoms with van der Waals surface area (Å²) in [5.74, 6) is 0.678. The second kappa shape index (κ2) is 16.0. The highest BCUT2D eigenvalue weighted by Crippen LogP contribution is 2.29. The van der Waals surface area contributed by atoms with Crippen LogP contribution in [0.3, 0.4) is 0 Å². The number of hydrogen-bond acceptors (Lipinski definition) is 4. The fourth-order valence-corrected chi connectivity index (χ4v) is 3.46. The third kappa shape index (κ3) is 10.7. The van der Waals surface area contributed by atoms with E-state index in [1.54, 1.807) is 42.5 Å². The molecule has 0 saturated heterocycles. The van der Waals surface area contributed by atoms with Crippen LogP contribution in [-0.2, 0) is 4.79 Å². The molecule has 1 atom stereocenters. The lowest BCUT2D eigenvalue weighted by Gasteiger charge is -2.13. The number of carbonyl (C=O) groups is 1. The number of aliphatic hydroxyl groups excluding tert-OH is 1. The van der Waals surface area contributed by atoms with E-state index in [1.165, 1.54) is 0 Å². The number of rotatable bonds is 14. The van der Waals surface area contributed by atoms with Crippen LogP contribution >= 0.6 is 23.2 Å². The van der Waals surface area contributed by atoms with Gasteiger partial charge in [-0.15, -0.1) is 0 Å². The van der Waals surface area contributed by atoms with Crippen LogP contribution in [0, 0.1) is 0 Å². The number of aliphatic hydroxyl groups is 1. The van der Waals surface area contributed by atoms with Crippen molar-refractivity contribution in [2.24, 2.45) is 0 Å². The van der Waals surface area contributed by atoms with E-state index in [1.807, 2.05) is 5.32 Å². The second-order valence-corrected chi connectivity index (χ2v) is 8.15. The van der Waals surface area contributed by atoms with Crippen LogP contribution < -0.4 is 33.1 Å². The van der Waals surface area contributed by atoms with E-state index in [-0.39, 0.29) is 24.9 Å². The normalized spacial score (nSPS) is 11.4. The molecule has 0 heterocycles. The quantitative estimate of drug-likeness (QED) is 0.288. The molecule has 2 aromatic carbocycles. The van der Waals surface area contributed by atoms with E-state index >= 15 is 0 Å². The van der Waals surface area contributed by atoms with Crippen LogP contribution in [0.2, 0.25) is 10.0 Å². The second-order valence-electron chi connectivity index (χ2n) is 7.33. The molecule has 0 spiro atoms. The summed E-state index contributed by atoms with van der Waals surface area (Å²) in [5.41, 5.74) is 1.47. The summed E-state index contributed by atoms with van der Waals surface area (Å²) in [4.78, 5) is 11.9. The van der Waals surface area contributed by atoms with E-state index in [9.17, 15) is 9.90 Å². The largest absolute Gasteiger partial charge is 1.00 e. The summed E-state index contributed by atoms with van der Waals surface area (Å²) < 4.78 is 5.63. The fourth-order valence-electron chi connectivity index (χ4n) is 2.93. The maximum atomic E-state index is 11.9. The van der Waals surface area contributed by atoms with Crippen molar-refractivity contribution >= 4 is 40.5 Å². The summed E-state index contributed by atoms with van der Waals surface area (Å²) in [7, 11) is 0. The number of anilines is 2. The lowest BCUT2D eigenvalue weighted by atomic mass is 10.2. The average Bonchev–Trinajstić information content (AvgIpc) is 2.75. The van der Waals surface area contributed by atoms with Gasteiger partial charge in [-0.1, -0.05) is 49.0 Å². The van der Waals surface area contributed by atoms with Crippen molar-refractivity contribution in [3.05, 3.63) is 52.5 Å². The smallest absolute Gasteiger partial charge is 0.224 e. The Kier molecular flexibility index (Phi) is 14.2. The van der Waals surface area contributed by atoms with E-state index in [2.05, 4.69) is 17.6 Å². The molecule has 0 aliphatic carbocycles. The number of unbranched alkanes of at least 4 members (excludes halogenated alkanes) is 2. The molecule has 6 nitrogen and oxygen atoms in total. The summed E-state index contributed by atoms with van der Waals surface area (Å²) >= 11 is 12.2. The minimum Gasteiger partial charge on any atom is -1.00 e. The molecular formula is C23H32Cl3N3O3. The highest BCUT2D eigenvalue weighted by molar-refractivity contribution is 6.39. The number of amides is 1. The average molecular weight is 505 g/mol. The Morgan fingerprint density at radius 3 is 2.47 bits per heavy atom. The Hall–Kier alpha value is -1.70. The molecule has 1 amide bonds. The van der Waals surface area contributed by atoms with Gasteiger partial charge in [0.2, 0.25) is 5.91 Å². The number of benzene rings is 2. The highest BCUT2D eigenvalue weighted by atomic mass is 35.5. The molecule has 178 valence electrons. The third-order valence-electron chi connectivity index (χ3n) is 4.64. The molecular weight excluding hydrogens is 473 g/mol. The van der Waals surface area contributed by atoms with Crippen LogP contribution in [0.4, 0.5) is 11.4 Å². The molecule has 0 fully saturated rings. The Morgan fingerprint density at radius 1 is 1.12 bits per heavy atom. The lowest BCUT2D eigenvalue weighted by Crippen LogP contribution is -3.00. The SMILES string of the molecule is CCCCCC(=O)Nc1ccc(OCC(O)C[NH2+]CCNc2c(Cl)cccc2Cl)cc1.[Cl-]. The van der Waals surface area contributed by atoms with Gasteiger partial charge in [0.25, 0.3) is 0 Å². The molecule has 2 rings (SSSR count). The molecule has 1 unspecified atom stereocenters.